The molecule has 1 aliphatic rings. The molecule has 1 aromatic rings. The van der Waals surface area contributed by atoms with Crippen molar-refractivity contribution >= 4 is 40.9 Å². The van der Waals surface area contributed by atoms with Crippen molar-refractivity contribution in [2.24, 2.45) is 5.92 Å². The number of alkyl halides is 3. The van der Waals surface area contributed by atoms with Gasteiger partial charge in [-0.25, -0.2) is 0 Å². The van der Waals surface area contributed by atoms with Crippen molar-refractivity contribution in [2.45, 2.75) is 22.7 Å². The first kappa shape index (κ1) is 14.8. The molecule has 0 aliphatic carbocycles. The standard InChI is InChI=1S/C11H7Cl2F3O2S/c12-5-1-4-2-6(10(17)18)9(11(14,15)16)19-8(4)7(13)3-5/h1,3,6,9H,2H2,(H,17,18)/t6-,9-/m1/s1. The summed E-state index contributed by atoms with van der Waals surface area (Å²) in [6.45, 7) is 0. The van der Waals surface area contributed by atoms with Crippen molar-refractivity contribution in [3.05, 3.63) is 27.7 Å². The Hall–Kier alpha value is -0.590. The Labute approximate surface area is 120 Å². The molecule has 104 valence electrons. The Morgan fingerprint density at radius 1 is 1.37 bits per heavy atom. The lowest BCUT2D eigenvalue weighted by Crippen LogP contribution is -2.41. The fourth-order valence-electron chi connectivity index (χ4n) is 1.96. The van der Waals surface area contributed by atoms with E-state index in [1.807, 2.05) is 0 Å². The van der Waals surface area contributed by atoms with Crippen LogP contribution in [0.25, 0.3) is 0 Å². The largest absolute Gasteiger partial charge is 0.481 e. The zero-order chi connectivity index (χ0) is 14.4. The molecule has 1 aliphatic heterocycles. The van der Waals surface area contributed by atoms with Gasteiger partial charge in [-0.1, -0.05) is 23.2 Å². The molecule has 8 heteroatoms. The van der Waals surface area contributed by atoms with E-state index in [4.69, 9.17) is 28.3 Å². The molecule has 1 N–H and O–H groups in total. The molecule has 2 rings (SSSR count). The van der Waals surface area contributed by atoms with Crippen LogP contribution < -0.4 is 0 Å². The molecule has 0 radical (unpaired) electrons. The highest BCUT2D eigenvalue weighted by Crippen LogP contribution is 2.49. The number of carboxylic acids is 1. The van der Waals surface area contributed by atoms with E-state index in [-0.39, 0.29) is 21.4 Å². The summed E-state index contributed by atoms with van der Waals surface area (Å²) >= 11 is 12.1. The van der Waals surface area contributed by atoms with Gasteiger partial charge in [-0.05, 0) is 24.1 Å². The molecule has 2 atom stereocenters. The van der Waals surface area contributed by atoms with Gasteiger partial charge >= 0.3 is 12.1 Å². The normalized spacial score (nSPS) is 23.0. The van der Waals surface area contributed by atoms with E-state index in [9.17, 15) is 18.0 Å². The van der Waals surface area contributed by atoms with Crippen LogP contribution in [-0.4, -0.2) is 22.5 Å². The van der Waals surface area contributed by atoms with Gasteiger partial charge in [0.25, 0.3) is 0 Å². The van der Waals surface area contributed by atoms with Gasteiger partial charge in [0, 0.05) is 9.92 Å². The third-order valence-electron chi connectivity index (χ3n) is 2.78. The van der Waals surface area contributed by atoms with Crippen molar-refractivity contribution < 1.29 is 23.1 Å². The van der Waals surface area contributed by atoms with Gasteiger partial charge in [-0.2, -0.15) is 13.2 Å². The average Bonchev–Trinajstić information content (AvgIpc) is 2.25. The minimum atomic E-state index is -4.60. The van der Waals surface area contributed by atoms with E-state index in [2.05, 4.69) is 0 Å². The zero-order valence-corrected chi connectivity index (χ0v) is 11.5. The fourth-order valence-corrected chi connectivity index (χ4v) is 3.86. The molecule has 0 bridgehead atoms. The minimum absolute atomic E-state index is 0.116. The van der Waals surface area contributed by atoms with Crippen LogP contribution in [0.3, 0.4) is 0 Å². The highest BCUT2D eigenvalue weighted by Gasteiger charge is 2.51. The van der Waals surface area contributed by atoms with Gasteiger partial charge in [0.2, 0.25) is 0 Å². The maximum Gasteiger partial charge on any atom is 0.401 e. The fraction of sp³-hybridized carbons (Fsp3) is 0.364. The van der Waals surface area contributed by atoms with E-state index in [1.165, 1.54) is 12.1 Å². The van der Waals surface area contributed by atoms with E-state index in [0.717, 1.165) is 0 Å². The molecule has 0 fully saturated rings. The van der Waals surface area contributed by atoms with Gasteiger partial charge in [0.1, 0.15) is 5.25 Å². The Kier molecular flexibility index (Phi) is 3.95. The van der Waals surface area contributed by atoms with Gasteiger partial charge in [-0.3, -0.25) is 4.79 Å². The summed E-state index contributed by atoms with van der Waals surface area (Å²) < 4.78 is 38.7. The molecule has 0 unspecified atom stereocenters. The third kappa shape index (κ3) is 2.95. The smallest absolute Gasteiger partial charge is 0.401 e. The van der Waals surface area contributed by atoms with E-state index >= 15 is 0 Å². The number of hydrogen-bond donors (Lipinski definition) is 1. The highest BCUT2D eigenvalue weighted by atomic mass is 35.5. The van der Waals surface area contributed by atoms with Crippen LogP contribution in [0.4, 0.5) is 13.2 Å². The predicted octanol–water partition coefficient (Wildman–Crippen LogP) is 4.27. The molecule has 1 aromatic carbocycles. The average molecular weight is 331 g/mol. The zero-order valence-electron chi connectivity index (χ0n) is 9.17. The Balaban J connectivity index is 2.48. The van der Waals surface area contributed by atoms with Crippen LogP contribution in [-0.2, 0) is 11.2 Å². The number of aliphatic carboxylic acids is 1. The lowest BCUT2D eigenvalue weighted by Gasteiger charge is -2.31. The van der Waals surface area contributed by atoms with Crippen LogP contribution in [0.15, 0.2) is 17.0 Å². The molecule has 1 heterocycles. The molecule has 0 amide bonds. The Morgan fingerprint density at radius 2 is 2.00 bits per heavy atom. The first-order valence-electron chi connectivity index (χ1n) is 5.14. The topological polar surface area (TPSA) is 37.3 Å². The molecule has 19 heavy (non-hydrogen) atoms. The molecule has 0 aromatic heterocycles. The summed E-state index contributed by atoms with van der Waals surface area (Å²) in [6.07, 6.45) is -4.84. The lowest BCUT2D eigenvalue weighted by molar-refractivity contribution is -0.160. The highest BCUT2D eigenvalue weighted by molar-refractivity contribution is 8.00. The van der Waals surface area contributed by atoms with Crippen molar-refractivity contribution in [1.29, 1.82) is 0 Å². The maximum atomic E-state index is 12.9. The minimum Gasteiger partial charge on any atom is -0.481 e. The number of rotatable bonds is 1. The number of carbonyl (C=O) groups is 1. The van der Waals surface area contributed by atoms with Gasteiger partial charge < -0.3 is 5.11 Å². The van der Waals surface area contributed by atoms with Gasteiger partial charge in [0.15, 0.2) is 0 Å². The summed E-state index contributed by atoms with van der Waals surface area (Å²) in [5.74, 6) is -3.01. The second kappa shape index (κ2) is 5.07. The van der Waals surface area contributed by atoms with Crippen LogP contribution in [0.1, 0.15) is 5.56 Å². The molecular weight excluding hydrogens is 324 g/mol. The van der Waals surface area contributed by atoms with Gasteiger partial charge in [-0.15, -0.1) is 11.8 Å². The van der Waals surface area contributed by atoms with Crippen LogP contribution in [0, 0.1) is 5.92 Å². The summed E-state index contributed by atoms with van der Waals surface area (Å²) in [7, 11) is 0. The van der Waals surface area contributed by atoms with Crippen molar-refractivity contribution in [3.8, 4) is 0 Å². The van der Waals surface area contributed by atoms with Crippen LogP contribution in [0.2, 0.25) is 10.0 Å². The lowest BCUT2D eigenvalue weighted by atomic mass is 9.94. The quantitative estimate of drug-likeness (QED) is 0.835. The predicted molar refractivity (Wildman–Crippen MR) is 67.0 cm³/mol. The van der Waals surface area contributed by atoms with Crippen LogP contribution in [0.5, 0.6) is 0 Å². The molecule has 0 saturated heterocycles. The van der Waals surface area contributed by atoms with E-state index in [1.54, 1.807) is 0 Å². The number of halogens is 5. The summed E-state index contributed by atoms with van der Waals surface area (Å²) in [6, 6.07) is 2.81. The first-order chi connectivity index (χ1) is 8.70. The van der Waals surface area contributed by atoms with Crippen molar-refractivity contribution in [3.63, 3.8) is 0 Å². The van der Waals surface area contributed by atoms with E-state index in [0.29, 0.717) is 17.3 Å². The number of thioether (sulfide) groups is 1. The maximum absolute atomic E-state index is 12.9. The molecular formula is C11H7Cl2F3O2S. The van der Waals surface area contributed by atoms with Crippen molar-refractivity contribution in [1.82, 2.24) is 0 Å². The number of benzene rings is 1. The number of hydrogen-bond acceptors (Lipinski definition) is 2. The summed E-state index contributed by atoms with van der Waals surface area (Å²) in [5, 5.41) is 7.35. The SMILES string of the molecule is O=C(O)[C@@H]1Cc2cc(Cl)cc(Cl)c2S[C@H]1C(F)(F)F. The van der Waals surface area contributed by atoms with Crippen LogP contribution >= 0.6 is 35.0 Å². The summed E-state index contributed by atoms with van der Waals surface area (Å²) in [5.41, 5.74) is 0.440. The second-order valence-electron chi connectivity index (χ2n) is 4.10. The first-order valence-corrected chi connectivity index (χ1v) is 6.78. The van der Waals surface area contributed by atoms with Crippen molar-refractivity contribution in [2.75, 3.05) is 0 Å². The Bertz CT molecular complexity index is 533. The molecule has 2 nitrogen and oxygen atoms in total. The Morgan fingerprint density at radius 3 is 2.53 bits per heavy atom. The summed E-state index contributed by atoms with van der Waals surface area (Å²) in [4.78, 5) is 11.3. The second-order valence-corrected chi connectivity index (χ2v) is 6.10. The number of carboxylic acid groups (broad SMARTS) is 1. The van der Waals surface area contributed by atoms with E-state index < -0.39 is 23.3 Å². The molecule has 0 saturated carbocycles. The third-order valence-corrected chi connectivity index (χ3v) is 4.97. The monoisotopic (exact) mass is 330 g/mol. The van der Waals surface area contributed by atoms with Gasteiger partial charge in [0.05, 0.1) is 10.9 Å². The molecule has 0 spiro atoms. The number of fused-ring (bicyclic) bond motifs is 1.